The molecule has 0 saturated heterocycles. The molecule has 19 heavy (non-hydrogen) atoms. The van der Waals surface area contributed by atoms with Crippen LogP contribution >= 0.6 is 11.5 Å². The van der Waals surface area contributed by atoms with Crippen LogP contribution < -0.4 is 0 Å². The third kappa shape index (κ3) is 3.39. The first-order chi connectivity index (χ1) is 8.88. The number of hydrogen-bond acceptors (Lipinski definition) is 5. The lowest BCUT2D eigenvalue weighted by Gasteiger charge is -2.18. The van der Waals surface area contributed by atoms with Gasteiger partial charge in [0.05, 0.1) is 22.9 Å². The molecule has 2 aromatic heterocycles. The van der Waals surface area contributed by atoms with E-state index >= 15 is 0 Å². The summed E-state index contributed by atoms with van der Waals surface area (Å²) in [4.78, 5) is 0.886. The van der Waals surface area contributed by atoms with E-state index in [0.717, 1.165) is 22.6 Å². The molecule has 0 aliphatic heterocycles. The van der Waals surface area contributed by atoms with Crippen LogP contribution in [0.4, 0.5) is 0 Å². The van der Waals surface area contributed by atoms with Gasteiger partial charge in [-0.05, 0) is 29.9 Å². The second kappa shape index (κ2) is 5.38. The van der Waals surface area contributed by atoms with Crippen LogP contribution in [0.25, 0.3) is 0 Å². The van der Waals surface area contributed by atoms with Crippen molar-refractivity contribution in [1.29, 1.82) is 0 Å². The van der Waals surface area contributed by atoms with Gasteiger partial charge in [-0.1, -0.05) is 25.3 Å². The summed E-state index contributed by atoms with van der Waals surface area (Å²) in [7, 11) is 1.89. The van der Waals surface area contributed by atoms with Crippen LogP contribution in [0.1, 0.15) is 49.4 Å². The van der Waals surface area contributed by atoms with Crippen molar-refractivity contribution in [3.05, 3.63) is 28.5 Å². The average Bonchev–Trinajstić information content (AvgIpc) is 2.93. The van der Waals surface area contributed by atoms with Gasteiger partial charge in [-0.3, -0.25) is 4.68 Å². The normalized spacial score (nSPS) is 13.7. The molecule has 2 rings (SSSR count). The van der Waals surface area contributed by atoms with Crippen molar-refractivity contribution < 1.29 is 5.11 Å². The molecular formula is C13H20N4OS. The molecule has 1 N–H and O–H groups in total. The molecule has 0 aromatic carbocycles. The molecule has 0 bridgehead atoms. The standard InChI is InChI=1S/C13H20N4OS/c1-13(2,3)12-11(19-16-15-12)10(18)6-5-9-7-14-17(4)8-9/h7-8,10,18H,5-6H2,1-4H3. The summed E-state index contributed by atoms with van der Waals surface area (Å²) in [5, 5.41) is 18.6. The van der Waals surface area contributed by atoms with E-state index in [4.69, 9.17) is 0 Å². The van der Waals surface area contributed by atoms with E-state index in [-0.39, 0.29) is 5.41 Å². The summed E-state index contributed by atoms with van der Waals surface area (Å²) in [6.45, 7) is 6.25. The maximum Gasteiger partial charge on any atom is 0.0920 e. The van der Waals surface area contributed by atoms with Crippen LogP contribution in [0.2, 0.25) is 0 Å². The Morgan fingerprint density at radius 3 is 2.74 bits per heavy atom. The maximum atomic E-state index is 10.3. The molecule has 1 unspecified atom stereocenters. The zero-order valence-electron chi connectivity index (χ0n) is 11.8. The number of aliphatic hydroxyl groups excluding tert-OH is 1. The van der Waals surface area contributed by atoms with Gasteiger partial charge in [-0.15, -0.1) is 5.10 Å². The van der Waals surface area contributed by atoms with Crippen LogP contribution in [0.15, 0.2) is 12.4 Å². The molecule has 0 fully saturated rings. The van der Waals surface area contributed by atoms with Gasteiger partial charge in [0.25, 0.3) is 0 Å². The van der Waals surface area contributed by atoms with E-state index in [1.54, 1.807) is 4.68 Å². The SMILES string of the molecule is Cn1cc(CCC(O)c2snnc2C(C)(C)C)cn1. The van der Waals surface area contributed by atoms with Gasteiger partial charge in [-0.2, -0.15) is 5.10 Å². The molecule has 2 aromatic rings. The molecule has 2 heterocycles. The first-order valence-electron chi connectivity index (χ1n) is 6.36. The molecule has 1 atom stereocenters. The first-order valence-corrected chi connectivity index (χ1v) is 7.13. The molecule has 6 heteroatoms. The lowest BCUT2D eigenvalue weighted by atomic mass is 9.90. The molecule has 0 aliphatic rings. The Morgan fingerprint density at radius 1 is 1.42 bits per heavy atom. The van der Waals surface area contributed by atoms with Crippen molar-refractivity contribution in [2.75, 3.05) is 0 Å². The second-order valence-electron chi connectivity index (χ2n) is 5.81. The van der Waals surface area contributed by atoms with Gasteiger partial charge in [-0.25, -0.2) is 0 Å². The largest absolute Gasteiger partial charge is 0.387 e. The Labute approximate surface area is 117 Å². The Balaban J connectivity index is 2.04. The number of aryl methyl sites for hydroxylation is 2. The van der Waals surface area contributed by atoms with Crippen molar-refractivity contribution in [2.45, 2.75) is 45.1 Å². The average molecular weight is 280 g/mol. The van der Waals surface area contributed by atoms with E-state index in [2.05, 4.69) is 35.5 Å². The monoisotopic (exact) mass is 280 g/mol. The summed E-state index contributed by atoms with van der Waals surface area (Å²) in [5.41, 5.74) is 1.95. The number of aliphatic hydroxyl groups is 1. The van der Waals surface area contributed by atoms with Gasteiger partial charge >= 0.3 is 0 Å². The molecule has 104 valence electrons. The highest BCUT2D eigenvalue weighted by Crippen LogP contribution is 2.32. The highest BCUT2D eigenvalue weighted by molar-refractivity contribution is 7.05. The van der Waals surface area contributed by atoms with E-state index in [1.807, 2.05) is 19.4 Å². The van der Waals surface area contributed by atoms with Crippen LogP contribution in [0, 0.1) is 0 Å². The summed E-state index contributed by atoms with van der Waals surface area (Å²) < 4.78 is 5.76. The van der Waals surface area contributed by atoms with E-state index < -0.39 is 6.10 Å². The molecular weight excluding hydrogens is 260 g/mol. The summed E-state index contributed by atoms with van der Waals surface area (Å²) in [5.74, 6) is 0. The number of rotatable bonds is 4. The molecule has 5 nitrogen and oxygen atoms in total. The molecule has 0 saturated carbocycles. The number of nitrogens with zero attached hydrogens (tertiary/aromatic N) is 4. The topological polar surface area (TPSA) is 63.8 Å². The van der Waals surface area contributed by atoms with Crippen molar-refractivity contribution in [3.63, 3.8) is 0 Å². The minimum atomic E-state index is -0.505. The predicted octanol–water partition coefficient (Wildman–Crippen LogP) is 2.24. The van der Waals surface area contributed by atoms with Gasteiger partial charge < -0.3 is 5.11 Å². The Bertz CT molecular complexity index is 541. The van der Waals surface area contributed by atoms with E-state index in [9.17, 15) is 5.11 Å². The van der Waals surface area contributed by atoms with Crippen molar-refractivity contribution in [3.8, 4) is 0 Å². The van der Waals surface area contributed by atoms with Gasteiger partial charge in [0.1, 0.15) is 0 Å². The second-order valence-corrected chi connectivity index (χ2v) is 6.60. The fourth-order valence-corrected chi connectivity index (χ4v) is 2.85. The van der Waals surface area contributed by atoms with Crippen LogP contribution in [0.3, 0.4) is 0 Å². The van der Waals surface area contributed by atoms with Crippen molar-refractivity contribution in [2.24, 2.45) is 7.05 Å². The molecule has 0 amide bonds. The highest BCUT2D eigenvalue weighted by atomic mass is 32.1. The number of hydrogen-bond donors (Lipinski definition) is 1. The third-order valence-corrected chi connectivity index (χ3v) is 3.82. The van der Waals surface area contributed by atoms with E-state index in [0.29, 0.717) is 6.42 Å². The van der Waals surface area contributed by atoms with E-state index in [1.165, 1.54) is 11.5 Å². The predicted molar refractivity (Wildman–Crippen MR) is 75.1 cm³/mol. The Kier molecular flexibility index (Phi) is 4.01. The van der Waals surface area contributed by atoms with Crippen molar-refractivity contribution >= 4 is 11.5 Å². The summed E-state index contributed by atoms with van der Waals surface area (Å²) in [6, 6.07) is 0. The van der Waals surface area contributed by atoms with Crippen LogP contribution in [0.5, 0.6) is 0 Å². The molecule has 0 spiro atoms. The lowest BCUT2D eigenvalue weighted by Crippen LogP contribution is -2.15. The lowest BCUT2D eigenvalue weighted by molar-refractivity contribution is 0.169. The fraction of sp³-hybridized carbons (Fsp3) is 0.615. The molecule has 0 aliphatic carbocycles. The minimum Gasteiger partial charge on any atom is -0.387 e. The maximum absolute atomic E-state index is 10.3. The fourth-order valence-electron chi connectivity index (χ4n) is 1.97. The zero-order valence-corrected chi connectivity index (χ0v) is 12.6. The number of aromatic nitrogens is 4. The van der Waals surface area contributed by atoms with Gasteiger partial charge in [0.15, 0.2) is 0 Å². The zero-order chi connectivity index (χ0) is 14.0. The third-order valence-electron chi connectivity index (χ3n) is 2.99. The highest BCUT2D eigenvalue weighted by Gasteiger charge is 2.26. The molecule has 0 radical (unpaired) electrons. The Morgan fingerprint density at radius 2 is 2.16 bits per heavy atom. The van der Waals surface area contributed by atoms with Crippen molar-refractivity contribution in [1.82, 2.24) is 19.4 Å². The quantitative estimate of drug-likeness (QED) is 0.933. The van der Waals surface area contributed by atoms with Gasteiger partial charge in [0, 0.05) is 18.7 Å². The summed E-state index contributed by atoms with van der Waals surface area (Å²) in [6.07, 6.45) is 4.77. The summed E-state index contributed by atoms with van der Waals surface area (Å²) >= 11 is 1.29. The smallest absolute Gasteiger partial charge is 0.0920 e. The van der Waals surface area contributed by atoms with Crippen LogP contribution in [-0.2, 0) is 18.9 Å². The Hall–Kier alpha value is -1.27. The minimum absolute atomic E-state index is 0.0857. The van der Waals surface area contributed by atoms with Gasteiger partial charge in [0.2, 0.25) is 0 Å². The first kappa shape index (κ1) is 14.1. The van der Waals surface area contributed by atoms with Crippen LogP contribution in [-0.4, -0.2) is 24.5 Å².